The molecule has 0 amide bonds. The SMILES string of the molecule is CN(C)c1nccnc1N1CCC2CCN(c3ccc4nncn4n3)C2C1. The van der Waals surface area contributed by atoms with Gasteiger partial charge in [0, 0.05) is 46.1 Å². The number of hydrogen-bond acceptors (Lipinski definition) is 8. The van der Waals surface area contributed by atoms with Crippen molar-refractivity contribution in [3.8, 4) is 0 Å². The summed E-state index contributed by atoms with van der Waals surface area (Å²) in [7, 11) is 4.03. The Hall–Kier alpha value is -2.97. The van der Waals surface area contributed by atoms with Gasteiger partial charge in [-0.2, -0.15) is 4.52 Å². The molecule has 0 aromatic carbocycles. The fourth-order valence-electron chi connectivity index (χ4n) is 4.35. The lowest BCUT2D eigenvalue weighted by Crippen LogP contribution is -2.49. The summed E-state index contributed by atoms with van der Waals surface area (Å²) < 4.78 is 1.75. The number of anilines is 3. The van der Waals surface area contributed by atoms with Crippen molar-refractivity contribution in [3.05, 3.63) is 30.9 Å². The van der Waals surface area contributed by atoms with Crippen LogP contribution in [0.2, 0.25) is 0 Å². The van der Waals surface area contributed by atoms with Crippen LogP contribution in [0.3, 0.4) is 0 Å². The Bertz CT molecular complexity index is 953. The molecule has 2 fully saturated rings. The maximum Gasteiger partial charge on any atom is 0.177 e. The molecule has 2 aliphatic heterocycles. The molecule has 0 spiro atoms. The van der Waals surface area contributed by atoms with Crippen molar-refractivity contribution in [1.29, 1.82) is 0 Å². The molecule has 5 heterocycles. The molecule has 2 atom stereocenters. The molecule has 0 bridgehead atoms. The van der Waals surface area contributed by atoms with Gasteiger partial charge in [-0.05, 0) is 30.9 Å². The predicted octanol–water partition coefficient (Wildman–Crippen LogP) is 1.09. The third kappa shape index (κ3) is 2.73. The lowest BCUT2D eigenvalue weighted by atomic mass is 9.92. The number of piperidine rings is 1. The van der Waals surface area contributed by atoms with E-state index in [1.165, 1.54) is 12.8 Å². The standard InChI is InChI=1S/C18H23N9/c1-24(2)17-18(20-8-7-19-17)25-9-5-13-6-10-26(14(13)11-25)16-4-3-15-22-21-12-27(15)23-16/h3-4,7-8,12-14H,5-6,9-11H2,1-2H3. The molecule has 0 saturated carbocycles. The molecule has 2 aliphatic rings. The maximum atomic E-state index is 4.71. The van der Waals surface area contributed by atoms with Crippen LogP contribution in [0.25, 0.3) is 5.65 Å². The second-order valence-corrected chi connectivity index (χ2v) is 7.47. The molecule has 9 nitrogen and oxygen atoms in total. The lowest BCUT2D eigenvalue weighted by molar-refractivity contribution is 0.388. The number of fused-ring (bicyclic) bond motifs is 2. The van der Waals surface area contributed by atoms with E-state index in [2.05, 4.69) is 36.0 Å². The Morgan fingerprint density at radius 3 is 2.81 bits per heavy atom. The Balaban J connectivity index is 1.44. The van der Waals surface area contributed by atoms with Crippen molar-refractivity contribution >= 4 is 23.1 Å². The van der Waals surface area contributed by atoms with Crippen molar-refractivity contribution < 1.29 is 0 Å². The van der Waals surface area contributed by atoms with Crippen LogP contribution >= 0.6 is 0 Å². The molecule has 2 unspecified atom stereocenters. The van der Waals surface area contributed by atoms with E-state index in [1.54, 1.807) is 23.2 Å². The number of aromatic nitrogens is 6. The van der Waals surface area contributed by atoms with E-state index < -0.39 is 0 Å². The van der Waals surface area contributed by atoms with Gasteiger partial charge in [-0.15, -0.1) is 15.3 Å². The van der Waals surface area contributed by atoms with Gasteiger partial charge in [0.2, 0.25) is 0 Å². The first-order chi connectivity index (χ1) is 13.2. The van der Waals surface area contributed by atoms with Crippen LogP contribution in [0.15, 0.2) is 30.9 Å². The minimum absolute atomic E-state index is 0.428. The van der Waals surface area contributed by atoms with Gasteiger partial charge in [0.15, 0.2) is 17.3 Å². The molecule has 2 saturated heterocycles. The van der Waals surface area contributed by atoms with E-state index >= 15 is 0 Å². The quantitative estimate of drug-likeness (QED) is 0.682. The molecular formula is C18H23N9. The van der Waals surface area contributed by atoms with Crippen LogP contribution in [0.5, 0.6) is 0 Å². The van der Waals surface area contributed by atoms with E-state index in [-0.39, 0.29) is 0 Å². The molecule has 140 valence electrons. The Labute approximate surface area is 157 Å². The van der Waals surface area contributed by atoms with Crippen molar-refractivity contribution in [2.75, 3.05) is 48.4 Å². The topological polar surface area (TPSA) is 78.6 Å². The van der Waals surface area contributed by atoms with Gasteiger partial charge in [-0.3, -0.25) is 0 Å². The van der Waals surface area contributed by atoms with Gasteiger partial charge in [0.05, 0.1) is 6.04 Å². The summed E-state index contributed by atoms with van der Waals surface area (Å²) in [5.41, 5.74) is 0.773. The van der Waals surface area contributed by atoms with Crippen molar-refractivity contribution in [1.82, 2.24) is 29.8 Å². The smallest absolute Gasteiger partial charge is 0.177 e. The summed E-state index contributed by atoms with van der Waals surface area (Å²) in [4.78, 5) is 16.0. The summed E-state index contributed by atoms with van der Waals surface area (Å²) >= 11 is 0. The number of rotatable bonds is 3. The summed E-state index contributed by atoms with van der Waals surface area (Å²) in [5, 5.41) is 12.7. The van der Waals surface area contributed by atoms with Crippen molar-refractivity contribution in [2.24, 2.45) is 5.92 Å². The highest BCUT2D eigenvalue weighted by Crippen LogP contribution is 2.36. The Kier molecular flexibility index (Phi) is 3.80. The van der Waals surface area contributed by atoms with Crippen LogP contribution in [0.4, 0.5) is 17.5 Å². The molecule has 9 heteroatoms. The Morgan fingerprint density at radius 1 is 1.07 bits per heavy atom. The highest BCUT2D eigenvalue weighted by molar-refractivity contribution is 5.62. The van der Waals surface area contributed by atoms with E-state index in [1.807, 2.05) is 25.1 Å². The van der Waals surface area contributed by atoms with Gasteiger partial charge in [-0.1, -0.05) is 0 Å². The van der Waals surface area contributed by atoms with E-state index in [0.717, 1.165) is 42.7 Å². The van der Waals surface area contributed by atoms with Gasteiger partial charge < -0.3 is 14.7 Å². The second-order valence-electron chi connectivity index (χ2n) is 7.47. The average molecular weight is 365 g/mol. The molecule has 5 rings (SSSR count). The summed E-state index contributed by atoms with van der Waals surface area (Å²) in [6.45, 7) is 2.99. The maximum absolute atomic E-state index is 4.71. The van der Waals surface area contributed by atoms with E-state index in [4.69, 9.17) is 5.10 Å². The fraction of sp³-hybridized carbons (Fsp3) is 0.500. The first-order valence-electron chi connectivity index (χ1n) is 9.38. The molecule has 27 heavy (non-hydrogen) atoms. The van der Waals surface area contributed by atoms with Crippen molar-refractivity contribution in [3.63, 3.8) is 0 Å². The number of nitrogens with zero attached hydrogens (tertiary/aromatic N) is 9. The Morgan fingerprint density at radius 2 is 1.93 bits per heavy atom. The number of hydrogen-bond donors (Lipinski definition) is 0. The first-order valence-corrected chi connectivity index (χ1v) is 9.38. The minimum atomic E-state index is 0.428. The van der Waals surface area contributed by atoms with Crippen LogP contribution in [-0.2, 0) is 0 Å². The largest absolute Gasteiger partial charge is 0.360 e. The van der Waals surface area contributed by atoms with E-state index in [0.29, 0.717) is 12.0 Å². The molecule has 0 radical (unpaired) electrons. The average Bonchev–Trinajstić information content (AvgIpc) is 3.33. The fourth-order valence-corrected chi connectivity index (χ4v) is 4.35. The second kappa shape index (κ2) is 6.33. The predicted molar refractivity (Wildman–Crippen MR) is 103 cm³/mol. The summed E-state index contributed by atoms with van der Waals surface area (Å²) in [6.07, 6.45) is 7.57. The van der Waals surface area contributed by atoms with Crippen LogP contribution < -0.4 is 14.7 Å². The zero-order valence-electron chi connectivity index (χ0n) is 15.6. The monoisotopic (exact) mass is 365 g/mol. The highest BCUT2D eigenvalue weighted by Gasteiger charge is 2.40. The zero-order chi connectivity index (χ0) is 18.4. The normalized spacial score (nSPS) is 22.3. The highest BCUT2D eigenvalue weighted by atomic mass is 15.4. The third-order valence-corrected chi connectivity index (χ3v) is 5.69. The molecular weight excluding hydrogens is 342 g/mol. The zero-order valence-corrected chi connectivity index (χ0v) is 15.6. The van der Waals surface area contributed by atoms with Gasteiger partial charge in [-0.25, -0.2) is 9.97 Å². The van der Waals surface area contributed by atoms with E-state index in [9.17, 15) is 0 Å². The first kappa shape index (κ1) is 16.2. The summed E-state index contributed by atoms with van der Waals surface area (Å²) in [6, 6.07) is 4.46. The molecule has 3 aromatic heterocycles. The van der Waals surface area contributed by atoms with Crippen LogP contribution in [0, 0.1) is 5.92 Å². The third-order valence-electron chi connectivity index (χ3n) is 5.69. The molecule has 0 aliphatic carbocycles. The van der Waals surface area contributed by atoms with Crippen molar-refractivity contribution in [2.45, 2.75) is 18.9 Å². The summed E-state index contributed by atoms with van der Waals surface area (Å²) in [5.74, 6) is 3.57. The molecule has 0 N–H and O–H groups in total. The van der Waals surface area contributed by atoms with Crippen LogP contribution in [-0.4, -0.2) is 69.6 Å². The van der Waals surface area contributed by atoms with Gasteiger partial charge >= 0.3 is 0 Å². The minimum Gasteiger partial charge on any atom is -0.360 e. The van der Waals surface area contributed by atoms with Gasteiger partial charge in [0.1, 0.15) is 12.1 Å². The van der Waals surface area contributed by atoms with Crippen LogP contribution in [0.1, 0.15) is 12.8 Å². The lowest BCUT2D eigenvalue weighted by Gasteiger charge is -2.40. The molecule has 3 aromatic rings. The van der Waals surface area contributed by atoms with Gasteiger partial charge in [0.25, 0.3) is 0 Å².